The number of nitrogens with one attached hydrogen (secondary N) is 1. The van der Waals surface area contributed by atoms with Crippen LogP contribution in [0, 0.1) is 5.82 Å². The summed E-state index contributed by atoms with van der Waals surface area (Å²) in [6, 6.07) is 14.1. The molecule has 154 valence electrons. The quantitative estimate of drug-likeness (QED) is 0.683. The van der Waals surface area contributed by atoms with Crippen molar-refractivity contribution < 1.29 is 9.18 Å². The van der Waals surface area contributed by atoms with Gasteiger partial charge in [-0.05, 0) is 48.4 Å². The lowest BCUT2D eigenvalue weighted by molar-refractivity contribution is 0.0954. The third-order valence-electron chi connectivity index (χ3n) is 5.25. The monoisotopic (exact) mass is 405 g/mol. The number of pyridine rings is 2. The maximum atomic E-state index is 12.9. The topological polar surface area (TPSA) is 61.4 Å². The van der Waals surface area contributed by atoms with Crippen LogP contribution in [-0.2, 0) is 6.42 Å². The summed E-state index contributed by atoms with van der Waals surface area (Å²) in [7, 11) is 0. The molecule has 0 radical (unpaired) electrons. The second-order valence-corrected chi connectivity index (χ2v) is 7.22. The molecular formula is C23H24FN5O. The van der Waals surface area contributed by atoms with Crippen LogP contribution in [-0.4, -0.2) is 48.6 Å². The molecule has 2 aromatic heterocycles. The minimum Gasteiger partial charge on any atom is -0.368 e. The van der Waals surface area contributed by atoms with Crippen molar-refractivity contribution in [2.24, 2.45) is 0 Å². The smallest absolute Gasteiger partial charge is 0.252 e. The van der Waals surface area contributed by atoms with Crippen LogP contribution in [0.3, 0.4) is 0 Å². The molecule has 1 N–H and O–H groups in total. The molecule has 0 saturated carbocycles. The van der Waals surface area contributed by atoms with Crippen molar-refractivity contribution in [2.45, 2.75) is 6.42 Å². The molecule has 1 saturated heterocycles. The number of nitrogens with zero attached hydrogens (tertiary/aromatic N) is 4. The van der Waals surface area contributed by atoms with Gasteiger partial charge in [-0.2, -0.15) is 0 Å². The number of piperazine rings is 1. The second-order valence-electron chi connectivity index (χ2n) is 7.22. The summed E-state index contributed by atoms with van der Waals surface area (Å²) in [4.78, 5) is 25.5. The third-order valence-corrected chi connectivity index (χ3v) is 5.25. The van der Waals surface area contributed by atoms with E-state index >= 15 is 0 Å². The highest BCUT2D eigenvalue weighted by molar-refractivity contribution is 5.94. The first-order chi connectivity index (χ1) is 14.7. The first-order valence-electron chi connectivity index (χ1n) is 10.1. The van der Waals surface area contributed by atoms with E-state index in [0.29, 0.717) is 18.5 Å². The Hall–Kier alpha value is -3.48. The fourth-order valence-electron chi connectivity index (χ4n) is 3.53. The lowest BCUT2D eigenvalue weighted by Crippen LogP contribution is -2.46. The lowest BCUT2D eigenvalue weighted by atomic mass is 10.1. The fraction of sp³-hybridized carbons (Fsp3) is 0.261. The fourth-order valence-corrected chi connectivity index (χ4v) is 3.53. The van der Waals surface area contributed by atoms with Gasteiger partial charge >= 0.3 is 0 Å². The highest BCUT2D eigenvalue weighted by atomic mass is 19.1. The van der Waals surface area contributed by atoms with Crippen LogP contribution in [0.25, 0.3) is 0 Å². The maximum absolute atomic E-state index is 12.9. The molecule has 4 rings (SSSR count). The summed E-state index contributed by atoms with van der Waals surface area (Å²) in [6.45, 7) is 4.06. The van der Waals surface area contributed by atoms with Crippen LogP contribution < -0.4 is 15.1 Å². The average molecular weight is 405 g/mol. The molecule has 1 aliphatic heterocycles. The van der Waals surface area contributed by atoms with E-state index in [1.165, 1.54) is 17.8 Å². The molecule has 6 nitrogen and oxygen atoms in total. The Morgan fingerprint density at radius 3 is 2.30 bits per heavy atom. The molecule has 7 heteroatoms. The summed E-state index contributed by atoms with van der Waals surface area (Å²) >= 11 is 0. The van der Waals surface area contributed by atoms with Gasteiger partial charge in [-0.25, -0.2) is 9.37 Å². The van der Waals surface area contributed by atoms with Gasteiger partial charge in [-0.15, -0.1) is 0 Å². The second kappa shape index (κ2) is 9.35. The van der Waals surface area contributed by atoms with Gasteiger partial charge in [0, 0.05) is 57.0 Å². The maximum Gasteiger partial charge on any atom is 0.252 e. The van der Waals surface area contributed by atoms with Gasteiger partial charge in [-0.3, -0.25) is 9.78 Å². The Labute approximate surface area is 175 Å². The predicted octanol–water partition coefficient (Wildman–Crippen LogP) is 2.91. The SMILES string of the molecule is O=C(NCCc1ccc(F)cc1)c1ccc(N2CCN(c3ccncc3)CC2)nc1. The largest absolute Gasteiger partial charge is 0.368 e. The summed E-state index contributed by atoms with van der Waals surface area (Å²) in [6.07, 6.45) is 5.90. The van der Waals surface area contributed by atoms with E-state index in [-0.39, 0.29) is 11.7 Å². The number of carbonyl (C=O) groups excluding carboxylic acids is 1. The molecule has 0 unspecified atom stereocenters. The van der Waals surface area contributed by atoms with Crippen LogP contribution in [0.15, 0.2) is 67.1 Å². The molecule has 3 heterocycles. The molecule has 30 heavy (non-hydrogen) atoms. The molecule has 0 aliphatic carbocycles. The minimum atomic E-state index is -0.257. The average Bonchev–Trinajstić information content (AvgIpc) is 2.81. The zero-order chi connectivity index (χ0) is 20.8. The molecule has 1 amide bonds. The van der Waals surface area contributed by atoms with Crippen molar-refractivity contribution in [2.75, 3.05) is 42.5 Å². The van der Waals surface area contributed by atoms with Crippen molar-refractivity contribution in [3.8, 4) is 0 Å². The number of anilines is 2. The summed E-state index contributed by atoms with van der Waals surface area (Å²) in [5, 5.41) is 2.89. The Morgan fingerprint density at radius 2 is 1.63 bits per heavy atom. The number of carbonyl (C=O) groups is 1. The Bertz CT molecular complexity index is 955. The van der Waals surface area contributed by atoms with Gasteiger partial charge in [0.25, 0.3) is 5.91 Å². The van der Waals surface area contributed by atoms with Gasteiger partial charge in [0.05, 0.1) is 5.56 Å². The highest BCUT2D eigenvalue weighted by Crippen LogP contribution is 2.18. The number of halogens is 1. The van der Waals surface area contributed by atoms with Gasteiger partial charge in [-0.1, -0.05) is 12.1 Å². The van der Waals surface area contributed by atoms with Crippen LogP contribution in [0.1, 0.15) is 15.9 Å². The molecule has 0 bridgehead atoms. The Kier molecular flexibility index (Phi) is 6.17. The van der Waals surface area contributed by atoms with E-state index in [4.69, 9.17) is 0 Å². The van der Waals surface area contributed by atoms with Crippen molar-refractivity contribution in [3.63, 3.8) is 0 Å². The molecule has 1 aliphatic rings. The normalized spacial score (nSPS) is 13.9. The number of benzene rings is 1. The first kappa shape index (κ1) is 19.8. The van der Waals surface area contributed by atoms with Gasteiger partial charge in [0.1, 0.15) is 11.6 Å². The van der Waals surface area contributed by atoms with Crippen molar-refractivity contribution in [3.05, 3.63) is 84.1 Å². The third kappa shape index (κ3) is 4.92. The van der Waals surface area contributed by atoms with Gasteiger partial charge in [0.2, 0.25) is 0 Å². The van der Waals surface area contributed by atoms with E-state index in [2.05, 4.69) is 25.1 Å². The van der Waals surface area contributed by atoms with Crippen LogP contribution >= 0.6 is 0 Å². The van der Waals surface area contributed by atoms with Crippen molar-refractivity contribution >= 4 is 17.4 Å². The highest BCUT2D eigenvalue weighted by Gasteiger charge is 2.18. The van der Waals surface area contributed by atoms with Crippen LogP contribution in [0.2, 0.25) is 0 Å². The Morgan fingerprint density at radius 1 is 0.933 bits per heavy atom. The first-order valence-corrected chi connectivity index (χ1v) is 10.1. The van der Waals surface area contributed by atoms with Crippen LogP contribution in [0.5, 0.6) is 0 Å². The predicted molar refractivity (Wildman–Crippen MR) is 115 cm³/mol. The van der Waals surface area contributed by atoms with Gasteiger partial charge in [0.15, 0.2) is 0 Å². The summed E-state index contributed by atoms with van der Waals surface area (Å²) in [5.74, 6) is 0.471. The minimum absolute atomic E-state index is 0.154. The molecule has 3 aromatic rings. The summed E-state index contributed by atoms with van der Waals surface area (Å²) < 4.78 is 12.9. The molecular weight excluding hydrogens is 381 g/mol. The zero-order valence-electron chi connectivity index (χ0n) is 16.7. The Balaban J connectivity index is 1.26. The van der Waals surface area contributed by atoms with E-state index in [0.717, 1.165) is 37.6 Å². The zero-order valence-corrected chi connectivity index (χ0v) is 16.7. The van der Waals surface area contributed by atoms with Crippen molar-refractivity contribution in [1.29, 1.82) is 0 Å². The number of rotatable bonds is 6. The number of aromatic nitrogens is 2. The number of hydrogen-bond acceptors (Lipinski definition) is 5. The van der Waals surface area contributed by atoms with E-state index < -0.39 is 0 Å². The lowest BCUT2D eigenvalue weighted by Gasteiger charge is -2.36. The van der Waals surface area contributed by atoms with Crippen LogP contribution in [0.4, 0.5) is 15.9 Å². The van der Waals surface area contributed by atoms with E-state index in [9.17, 15) is 9.18 Å². The summed E-state index contributed by atoms with van der Waals surface area (Å²) in [5.41, 5.74) is 2.70. The number of hydrogen-bond donors (Lipinski definition) is 1. The standard InChI is InChI=1S/C23H24FN5O/c24-20-4-1-18(2-5-20)7-12-26-23(30)19-3-6-22(27-17-19)29-15-13-28(14-16-29)21-8-10-25-11-9-21/h1-6,8-11,17H,7,12-16H2,(H,26,30). The van der Waals surface area contributed by atoms with E-state index in [1.54, 1.807) is 18.3 Å². The van der Waals surface area contributed by atoms with Crippen molar-refractivity contribution in [1.82, 2.24) is 15.3 Å². The molecule has 0 spiro atoms. The molecule has 0 atom stereocenters. The molecule has 1 fully saturated rings. The molecule has 1 aromatic carbocycles. The van der Waals surface area contributed by atoms with E-state index in [1.807, 2.05) is 36.7 Å². The number of amides is 1. The van der Waals surface area contributed by atoms with Gasteiger partial charge < -0.3 is 15.1 Å².